The number of allylic oxidation sites excluding steroid dienone is 3. The van der Waals surface area contributed by atoms with Gasteiger partial charge in [-0.15, -0.1) is 0 Å². The molecule has 0 radical (unpaired) electrons. The van der Waals surface area contributed by atoms with E-state index < -0.39 is 23.8 Å². The number of hydrogen-bond acceptors (Lipinski definition) is 7. The highest BCUT2D eigenvalue weighted by atomic mass is 16.5. The van der Waals surface area contributed by atoms with Crippen LogP contribution < -0.4 is 5.32 Å². The van der Waals surface area contributed by atoms with Gasteiger partial charge in [-0.3, -0.25) is 9.59 Å². The maximum absolute atomic E-state index is 13.5. The van der Waals surface area contributed by atoms with Gasteiger partial charge in [0, 0.05) is 22.9 Å². The minimum Gasteiger partial charge on any atom is -0.508 e. The molecule has 0 saturated heterocycles. The van der Waals surface area contributed by atoms with Crippen LogP contribution in [0.2, 0.25) is 0 Å². The van der Waals surface area contributed by atoms with Gasteiger partial charge in [0.05, 0.1) is 19.3 Å². The molecule has 7 heteroatoms. The summed E-state index contributed by atoms with van der Waals surface area (Å²) >= 11 is 0. The van der Waals surface area contributed by atoms with Gasteiger partial charge in [-0.25, -0.2) is 4.79 Å². The number of phenolic OH excluding ortho intramolecular Hbond substituents is 1. The molecule has 30 heavy (non-hydrogen) atoms. The van der Waals surface area contributed by atoms with Crippen molar-refractivity contribution in [1.82, 2.24) is 5.32 Å². The van der Waals surface area contributed by atoms with E-state index in [2.05, 4.69) is 5.32 Å². The van der Waals surface area contributed by atoms with Crippen molar-refractivity contribution in [1.29, 1.82) is 0 Å². The summed E-state index contributed by atoms with van der Waals surface area (Å²) in [6.45, 7) is 5.78. The average molecular weight is 413 g/mol. The van der Waals surface area contributed by atoms with Gasteiger partial charge >= 0.3 is 11.9 Å². The van der Waals surface area contributed by atoms with Gasteiger partial charge in [-0.05, 0) is 43.4 Å². The van der Waals surface area contributed by atoms with Crippen LogP contribution in [-0.2, 0) is 23.9 Å². The lowest BCUT2D eigenvalue weighted by Gasteiger charge is -2.38. The molecule has 0 aromatic heterocycles. The molecule has 1 aliphatic carbocycles. The molecule has 1 aromatic carbocycles. The summed E-state index contributed by atoms with van der Waals surface area (Å²) in [6.07, 6.45) is 1.15. The Hall–Kier alpha value is -3.09. The molecule has 0 amide bonds. The number of phenols is 1. The Balaban J connectivity index is 2.15. The van der Waals surface area contributed by atoms with Gasteiger partial charge in [-0.1, -0.05) is 26.0 Å². The number of dihydropyridines is 1. The SMILES string of the molecule is CCCOC(=O)C1=C(C)NC2=C(C(=O)C(C(=O)OC)C(C)C2)C1c1ccc(O)cc1. The predicted molar refractivity (Wildman–Crippen MR) is 109 cm³/mol. The molecular formula is C23H27NO6. The van der Waals surface area contributed by atoms with Gasteiger partial charge in [0.2, 0.25) is 0 Å². The summed E-state index contributed by atoms with van der Waals surface area (Å²) in [5.74, 6) is -3.22. The Morgan fingerprint density at radius 3 is 2.50 bits per heavy atom. The van der Waals surface area contributed by atoms with E-state index in [0.29, 0.717) is 40.9 Å². The topological polar surface area (TPSA) is 102 Å². The van der Waals surface area contributed by atoms with Crippen LogP contribution in [0, 0.1) is 11.8 Å². The molecule has 160 valence electrons. The standard InChI is InChI=1S/C23H27NO6/c1-5-10-30-23(28)18-13(3)24-16-11-12(2)17(22(27)29-4)21(26)20(16)19(18)14-6-8-15(25)9-7-14/h6-9,12,17,19,24-25H,5,10-11H2,1-4H3. The highest BCUT2D eigenvalue weighted by Gasteiger charge is 2.47. The van der Waals surface area contributed by atoms with Crippen LogP contribution in [0.15, 0.2) is 46.8 Å². The zero-order valence-electron chi connectivity index (χ0n) is 17.7. The molecule has 0 bridgehead atoms. The fourth-order valence-electron chi connectivity index (χ4n) is 4.22. The Morgan fingerprint density at radius 2 is 1.90 bits per heavy atom. The third-order valence-electron chi connectivity index (χ3n) is 5.63. The van der Waals surface area contributed by atoms with Crippen LogP contribution in [0.25, 0.3) is 0 Å². The van der Waals surface area contributed by atoms with Crippen molar-refractivity contribution >= 4 is 17.7 Å². The maximum Gasteiger partial charge on any atom is 0.336 e. The second kappa shape index (κ2) is 8.73. The van der Waals surface area contributed by atoms with Crippen LogP contribution in [0.4, 0.5) is 0 Å². The molecule has 3 unspecified atom stereocenters. The van der Waals surface area contributed by atoms with E-state index in [9.17, 15) is 19.5 Å². The summed E-state index contributed by atoms with van der Waals surface area (Å²) in [5, 5.41) is 12.9. The number of hydrogen-bond donors (Lipinski definition) is 2. The van der Waals surface area contributed by atoms with E-state index in [0.717, 1.165) is 0 Å². The van der Waals surface area contributed by atoms with Gasteiger partial charge in [0.25, 0.3) is 0 Å². The highest BCUT2D eigenvalue weighted by molar-refractivity contribution is 6.12. The molecule has 1 aliphatic heterocycles. The highest BCUT2D eigenvalue weighted by Crippen LogP contribution is 2.45. The molecule has 2 N–H and O–H groups in total. The molecule has 2 aliphatic rings. The van der Waals surface area contributed by atoms with Crippen molar-refractivity contribution in [3.05, 3.63) is 52.4 Å². The first-order valence-electron chi connectivity index (χ1n) is 10.1. The first kappa shape index (κ1) is 21.6. The van der Waals surface area contributed by atoms with Crippen molar-refractivity contribution in [3.63, 3.8) is 0 Å². The lowest BCUT2D eigenvalue weighted by molar-refractivity contribution is -0.151. The summed E-state index contributed by atoms with van der Waals surface area (Å²) in [6, 6.07) is 6.37. The molecule has 0 fully saturated rings. The van der Waals surface area contributed by atoms with Crippen molar-refractivity contribution in [2.75, 3.05) is 13.7 Å². The minimum atomic E-state index is -0.929. The molecule has 1 heterocycles. The number of methoxy groups -OCH3 is 1. The van der Waals surface area contributed by atoms with Gasteiger partial charge in [0.1, 0.15) is 11.7 Å². The van der Waals surface area contributed by atoms with E-state index in [1.165, 1.54) is 19.2 Å². The monoisotopic (exact) mass is 413 g/mol. The zero-order valence-corrected chi connectivity index (χ0v) is 17.7. The quantitative estimate of drug-likeness (QED) is 0.565. The van der Waals surface area contributed by atoms with Crippen molar-refractivity contribution in [2.24, 2.45) is 11.8 Å². The van der Waals surface area contributed by atoms with Crippen molar-refractivity contribution < 1.29 is 29.0 Å². The number of carbonyl (C=O) groups is 3. The molecule has 1 aromatic rings. The average Bonchev–Trinajstić information content (AvgIpc) is 2.71. The van der Waals surface area contributed by atoms with Crippen molar-refractivity contribution in [2.45, 2.75) is 39.5 Å². The first-order chi connectivity index (χ1) is 14.3. The van der Waals surface area contributed by atoms with Crippen LogP contribution >= 0.6 is 0 Å². The molecule has 3 atom stereocenters. The Morgan fingerprint density at radius 1 is 1.23 bits per heavy atom. The number of Topliss-reactive ketones (excluding diaryl/α,β-unsaturated/α-hetero) is 1. The number of benzene rings is 1. The minimum absolute atomic E-state index is 0.0775. The van der Waals surface area contributed by atoms with E-state index in [4.69, 9.17) is 9.47 Å². The second-order valence-corrected chi connectivity index (χ2v) is 7.76. The van der Waals surface area contributed by atoms with E-state index in [-0.39, 0.29) is 24.1 Å². The molecule has 0 spiro atoms. The zero-order chi connectivity index (χ0) is 22.0. The lowest BCUT2D eigenvalue weighted by Crippen LogP contribution is -2.43. The largest absolute Gasteiger partial charge is 0.508 e. The Bertz CT molecular complexity index is 928. The number of esters is 2. The summed E-state index contributed by atoms with van der Waals surface area (Å²) < 4.78 is 10.3. The Labute approximate surface area is 175 Å². The normalized spacial score (nSPS) is 23.6. The summed E-state index contributed by atoms with van der Waals surface area (Å²) in [4.78, 5) is 38.8. The molecule has 3 rings (SSSR count). The van der Waals surface area contributed by atoms with E-state index in [1.807, 2.05) is 13.8 Å². The molecular weight excluding hydrogens is 386 g/mol. The first-order valence-corrected chi connectivity index (χ1v) is 10.1. The number of nitrogens with one attached hydrogen (secondary N) is 1. The number of ether oxygens (including phenoxy) is 2. The third kappa shape index (κ3) is 3.84. The fraction of sp³-hybridized carbons (Fsp3) is 0.435. The fourth-order valence-corrected chi connectivity index (χ4v) is 4.22. The van der Waals surface area contributed by atoms with Crippen LogP contribution in [-0.4, -0.2) is 36.5 Å². The van der Waals surface area contributed by atoms with Crippen LogP contribution in [0.3, 0.4) is 0 Å². The van der Waals surface area contributed by atoms with E-state index >= 15 is 0 Å². The van der Waals surface area contributed by atoms with Gasteiger partial charge in [0.15, 0.2) is 5.78 Å². The summed E-state index contributed by atoms with van der Waals surface area (Å²) in [5.41, 5.74) is 2.69. The van der Waals surface area contributed by atoms with Crippen LogP contribution in [0.5, 0.6) is 5.75 Å². The van der Waals surface area contributed by atoms with Crippen molar-refractivity contribution in [3.8, 4) is 5.75 Å². The van der Waals surface area contributed by atoms with Crippen LogP contribution in [0.1, 0.15) is 45.1 Å². The number of carbonyl (C=O) groups excluding carboxylic acids is 3. The number of aromatic hydroxyl groups is 1. The van der Waals surface area contributed by atoms with E-state index in [1.54, 1.807) is 19.1 Å². The number of rotatable bonds is 5. The van der Waals surface area contributed by atoms with Gasteiger partial charge in [-0.2, -0.15) is 0 Å². The maximum atomic E-state index is 13.5. The summed E-state index contributed by atoms with van der Waals surface area (Å²) in [7, 11) is 1.26. The number of ketones is 1. The lowest BCUT2D eigenvalue weighted by atomic mass is 9.69. The van der Waals surface area contributed by atoms with Gasteiger partial charge < -0.3 is 19.9 Å². The second-order valence-electron chi connectivity index (χ2n) is 7.76. The molecule has 0 saturated carbocycles. The Kier molecular flexibility index (Phi) is 6.29. The predicted octanol–water partition coefficient (Wildman–Crippen LogP) is 2.96. The third-order valence-corrected chi connectivity index (χ3v) is 5.63. The molecule has 7 nitrogen and oxygen atoms in total. The smallest absolute Gasteiger partial charge is 0.336 e.